The van der Waals surface area contributed by atoms with Crippen molar-refractivity contribution in [3.63, 3.8) is 0 Å². The Morgan fingerprint density at radius 3 is 2.16 bits per heavy atom. The second-order valence-electron chi connectivity index (χ2n) is 6.90. The van der Waals surface area contributed by atoms with Gasteiger partial charge >= 0.3 is 0 Å². The van der Waals surface area contributed by atoms with Crippen molar-refractivity contribution >= 4 is 23.0 Å². The number of anilines is 1. The van der Waals surface area contributed by atoms with Crippen LogP contribution in [0, 0.1) is 0 Å². The van der Waals surface area contributed by atoms with Crippen LogP contribution in [0.3, 0.4) is 0 Å². The molecule has 1 N–H and O–H groups in total. The Balaban J connectivity index is 1.80. The maximum absolute atomic E-state index is 5.79. The fourth-order valence-electron chi connectivity index (χ4n) is 3.19. The molecule has 3 aromatic carbocycles. The van der Waals surface area contributed by atoms with Gasteiger partial charge in [-0.25, -0.2) is 0 Å². The highest BCUT2D eigenvalue weighted by Crippen LogP contribution is 2.23. The van der Waals surface area contributed by atoms with E-state index in [4.69, 9.17) is 26.4 Å². The van der Waals surface area contributed by atoms with Crippen LogP contribution < -0.4 is 19.5 Å². The molecule has 0 heterocycles. The fourth-order valence-corrected chi connectivity index (χ4v) is 3.44. The van der Waals surface area contributed by atoms with Crippen molar-refractivity contribution in [3.8, 4) is 17.2 Å². The van der Waals surface area contributed by atoms with Crippen molar-refractivity contribution in [2.75, 3.05) is 26.1 Å². The Labute approximate surface area is 189 Å². The predicted octanol–water partition coefficient (Wildman–Crippen LogP) is 5.50. The molecule has 0 aliphatic heterocycles. The van der Waals surface area contributed by atoms with E-state index in [1.54, 1.807) is 14.2 Å². The molecule has 0 saturated carbocycles. The Morgan fingerprint density at radius 2 is 1.52 bits per heavy atom. The summed E-state index contributed by atoms with van der Waals surface area (Å²) in [6.07, 6.45) is 0. The molecule has 162 valence electrons. The van der Waals surface area contributed by atoms with Gasteiger partial charge in [-0.05, 0) is 67.2 Å². The zero-order chi connectivity index (χ0) is 22.1. The van der Waals surface area contributed by atoms with Crippen LogP contribution in [0.4, 0.5) is 5.69 Å². The van der Waals surface area contributed by atoms with E-state index in [9.17, 15) is 0 Å². The zero-order valence-corrected chi connectivity index (χ0v) is 18.9. The summed E-state index contributed by atoms with van der Waals surface area (Å²) in [7, 11) is 3.35. The highest BCUT2D eigenvalue weighted by molar-refractivity contribution is 7.80. The molecule has 0 aromatic heterocycles. The van der Waals surface area contributed by atoms with Gasteiger partial charge in [0.05, 0.1) is 20.8 Å². The van der Waals surface area contributed by atoms with E-state index < -0.39 is 0 Å². The second-order valence-corrected chi connectivity index (χ2v) is 7.29. The summed E-state index contributed by atoms with van der Waals surface area (Å²) in [6, 6.07) is 23.8. The molecule has 0 unspecified atom stereocenters. The van der Waals surface area contributed by atoms with Crippen LogP contribution in [0.15, 0.2) is 72.8 Å². The maximum Gasteiger partial charge on any atom is 0.174 e. The van der Waals surface area contributed by atoms with Crippen molar-refractivity contribution < 1.29 is 14.2 Å². The molecule has 3 aromatic rings. The van der Waals surface area contributed by atoms with E-state index in [1.165, 1.54) is 0 Å². The van der Waals surface area contributed by atoms with Crippen molar-refractivity contribution in [1.82, 2.24) is 4.90 Å². The molecule has 3 rings (SSSR count). The lowest BCUT2D eigenvalue weighted by Gasteiger charge is -2.27. The number of para-hydroxylation sites is 1. The van der Waals surface area contributed by atoms with Gasteiger partial charge < -0.3 is 24.4 Å². The molecule has 31 heavy (non-hydrogen) atoms. The Morgan fingerprint density at radius 1 is 0.839 bits per heavy atom. The first-order chi connectivity index (χ1) is 15.1. The van der Waals surface area contributed by atoms with Crippen LogP contribution >= 0.6 is 12.2 Å². The number of benzene rings is 3. The minimum Gasteiger partial charge on any atom is -0.497 e. The minimum atomic E-state index is 0.610. The van der Waals surface area contributed by atoms with Gasteiger partial charge in [0.1, 0.15) is 17.2 Å². The molecule has 0 radical (unpaired) electrons. The number of rotatable bonds is 9. The average Bonchev–Trinajstić information content (AvgIpc) is 2.81. The summed E-state index contributed by atoms with van der Waals surface area (Å²) in [4.78, 5) is 2.12. The molecule has 0 spiro atoms. The minimum absolute atomic E-state index is 0.610. The van der Waals surface area contributed by atoms with Crippen molar-refractivity contribution in [2.24, 2.45) is 0 Å². The van der Waals surface area contributed by atoms with Gasteiger partial charge in [0, 0.05) is 24.3 Å². The number of thiocarbonyl (C=S) groups is 1. The third-order valence-corrected chi connectivity index (χ3v) is 5.15. The first kappa shape index (κ1) is 22.4. The molecule has 0 saturated heterocycles. The number of nitrogens with one attached hydrogen (secondary N) is 1. The van der Waals surface area contributed by atoms with Gasteiger partial charge in [0.25, 0.3) is 0 Å². The summed E-state index contributed by atoms with van der Waals surface area (Å²) in [5.74, 6) is 2.50. The first-order valence-electron chi connectivity index (χ1n) is 10.2. The van der Waals surface area contributed by atoms with E-state index in [1.807, 2.05) is 73.7 Å². The topological polar surface area (TPSA) is 43.0 Å². The standard InChI is InChI=1S/C25H28N2O3S/c1-4-30-23-15-11-21(12-16-23)26-25(31)27(17-19-9-13-22(28-2)14-10-19)18-20-7-5-6-8-24(20)29-3/h5-16H,4,17-18H2,1-3H3,(H,26,31). The predicted molar refractivity (Wildman–Crippen MR) is 129 cm³/mol. The van der Waals surface area contributed by atoms with Gasteiger partial charge in [0.15, 0.2) is 5.11 Å². The monoisotopic (exact) mass is 436 g/mol. The van der Waals surface area contributed by atoms with E-state index in [0.29, 0.717) is 24.8 Å². The maximum atomic E-state index is 5.79. The van der Waals surface area contributed by atoms with Crippen LogP contribution in [0.1, 0.15) is 18.1 Å². The molecular formula is C25H28N2O3S. The third kappa shape index (κ3) is 6.36. The molecule has 0 aliphatic carbocycles. The van der Waals surface area contributed by atoms with Crippen LogP contribution in [-0.4, -0.2) is 30.8 Å². The molecular weight excluding hydrogens is 408 g/mol. The van der Waals surface area contributed by atoms with Crippen molar-refractivity contribution in [1.29, 1.82) is 0 Å². The molecule has 0 amide bonds. The fraction of sp³-hybridized carbons (Fsp3) is 0.240. The van der Waals surface area contributed by atoms with Crippen LogP contribution in [0.25, 0.3) is 0 Å². The molecule has 6 heteroatoms. The van der Waals surface area contributed by atoms with Crippen LogP contribution in [0.2, 0.25) is 0 Å². The zero-order valence-electron chi connectivity index (χ0n) is 18.1. The van der Waals surface area contributed by atoms with Gasteiger partial charge in [-0.3, -0.25) is 0 Å². The Kier molecular flexibility index (Phi) is 8.12. The molecule has 0 bridgehead atoms. The molecule has 0 aliphatic rings. The second kappa shape index (κ2) is 11.2. The summed E-state index contributed by atoms with van der Waals surface area (Å²) >= 11 is 5.79. The lowest BCUT2D eigenvalue weighted by atomic mass is 10.1. The van der Waals surface area contributed by atoms with Crippen LogP contribution in [-0.2, 0) is 13.1 Å². The largest absolute Gasteiger partial charge is 0.497 e. The summed E-state index contributed by atoms with van der Waals surface area (Å²) < 4.78 is 16.3. The van der Waals surface area contributed by atoms with Gasteiger partial charge in [0.2, 0.25) is 0 Å². The Bertz CT molecular complexity index is 975. The van der Waals surface area contributed by atoms with Crippen molar-refractivity contribution in [3.05, 3.63) is 83.9 Å². The van der Waals surface area contributed by atoms with E-state index in [0.717, 1.165) is 34.1 Å². The van der Waals surface area contributed by atoms with E-state index in [-0.39, 0.29) is 0 Å². The lowest BCUT2D eigenvalue weighted by Crippen LogP contribution is -2.34. The number of nitrogens with zero attached hydrogens (tertiary/aromatic N) is 1. The van der Waals surface area contributed by atoms with Gasteiger partial charge in [-0.1, -0.05) is 30.3 Å². The normalized spacial score (nSPS) is 10.3. The van der Waals surface area contributed by atoms with E-state index in [2.05, 4.69) is 16.3 Å². The Hall–Kier alpha value is -3.25. The highest BCUT2D eigenvalue weighted by Gasteiger charge is 2.14. The van der Waals surface area contributed by atoms with Crippen molar-refractivity contribution in [2.45, 2.75) is 20.0 Å². The average molecular weight is 437 g/mol. The van der Waals surface area contributed by atoms with Gasteiger partial charge in [-0.2, -0.15) is 0 Å². The first-order valence-corrected chi connectivity index (χ1v) is 10.6. The lowest BCUT2D eigenvalue weighted by molar-refractivity contribution is 0.340. The summed E-state index contributed by atoms with van der Waals surface area (Å²) in [5.41, 5.74) is 3.11. The summed E-state index contributed by atoms with van der Waals surface area (Å²) in [6.45, 7) is 3.86. The van der Waals surface area contributed by atoms with E-state index >= 15 is 0 Å². The smallest absolute Gasteiger partial charge is 0.174 e. The quantitative estimate of drug-likeness (QED) is 0.447. The SMILES string of the molecule is CCOc1ccc(NC(=S)N(Cc2ccc(OC)cc2)Cc2ccccc2OC)cc1. The number of methoxy groups -OCH3 is 2. The molecule has 5 nitrogen and oxygen atoms in total. The van der Waals surface area contributed by atoms with Gasteiger partial charge in [-0.15, -0.1) is 0 Å². The molecule has 0 fully saturated rings. The summed E-state index contributed by atoms with van der Waals surface area (Å²) in [5, 5.41) is 3.98. The molecule has 0 atom stereocenters. The number of ether oxygens (including phenoxy) is 3. The van der Waals surface area contributed by atoms with Crippen LogP contribution in [0.5, 0.6) is 17.2 Å². The highest BCUT2D eigenvalue weighted by atomic mass is 32.1. The third-order valence-electron chi connectivity index (χ3n) is 4.79. The number of hydrogen-bond acceptors (Lipinski definition) is 4. The number of hydrogen-bond donors (Lipinski definition) is 1.